The number of alkyl halides is 1. The van der Waals surface area contributed by atoms with Gasteiger partial charge >= 0.3 is 0 Å². The zero-order valence-electron chi connectivity index (χ0n) is 4.94. The van der Waals surface area contributed by atoms with Gasteiger partial charge in [0.05, 0.1) is 0 Å². The van der Waals surface area contributed by atoms with Gasteiger partial charge < -0.3 is 0 Å². The van der Waals surface area contributed by atoms with Gasteiger partial charge in [0, 0.05) is 6.42 Å². The summed E-state index contributed by atoms with van der Waals surface area (Å²) in [7, 11) is 0. The minimum absolute atomic E-state index is 0.164. The number of hydrogen-bond acceptors (Lipinski definition) is 1. The minimum atomic E-state index is -1.85. The number of allylic oxidation sites excluding steroid dienone is 4. The molecule has 0 saturated heterocycles. The van der Waals surface area contributed by atoms with Gasteiger partial charge in [-0.15, -0.1) is 12.6 Å². The van der Waals surface area contributed by atoms with E-state index in [0.717, 1.165) is 6.08 Å². The second-order valence-electron chi connectivity index (χ2n) is 2.00. The van der Waals surface area contributed by atoms with Crippen LogP contribution in [0.3, 0.4) is 0 Å². The van der Waals surface area contributed by atoms with Crippen LogP contribution >= 0.6 is 12.6 Å². The Morgan fingerprint density at radius 1 is 1.50 bits per heavy atom. The number of halogens is 3. The Kier molecular flexibility index (Phi) is 2.08. The quantitative estimate of drug-likeness (QED) is 0.525. The third kappa shape index (κ3) is 1.37. The van der Waals surface area contributed by atoms with Crippen LogP contribution in [0.4, 0.5) is 13.2 Å². The van der Waals surface area contributed by atoms with Gasteiger partial charge in [-0.3, -0.25) is 0 Å². The lowest BCUT2D eigenvalue weighted by atomic mass is 10.1. The van der Waals surface area contributed by atoms with Crippen molar-refractivity contribution >= 4 is 12.6 Å². The highest BCUT2D eigenvalue weighted by molar-refractivity contribution is 7.84. The van der Waals surface area contributed by atoms with Gasteiger partial charge in [-0.1, -0.05) is 0 Å². The van der Waals surface area contributed by atoms with Crippen LogP contribution in [-0.4, -0.2) is 6.17 Å². The molecule has 0 aliphatic heterocycles. The molecule has 0 aromatic rings. The molecular weight excluding hydrogens is 161 g/mol. The summed E-state index contributed by atoms with van der Waals surface area (Å²) in [5.41, 5.74) is 0. The highest BCUT2D eigenvalue weighted by Crippen LogP contribution is 2.29. The molecule has 0 nitrogen and oxygen atoms in total. The summed E-state index contributed by atoms with van der Waals surface area (Å²) in [5.74, 6) is -2.47. The average Bonchev–Trinajstić information content (AvgIpc) is 1.82. The lowest BCUT2D eigenvalue weighted by molar-refractivity contribution is 0.309. The average molecular weight is 166 g/mol. The molecule has 0 aromatic heterocycles. The van der Waals surface area contributed by atoms with Gasteiger partial charge in [-0.25, -0.2) is 13.2 Å². The summed E-state index contributed by atoms with van der Waals surface area (Å²) in [5, 5.41) is 0. The van der Waals surface area contributed by atoms with Crippen molar-refractivity contribution in [2.75, 3.05) is 0 Å². The van der Waals surface area contributed by atoms with E-state index < -0.39 is 17.8 Å². The molecule has 0 fully saturated rings. The SMILES string of the molecule is FC1=C(F)C(F)CC(S)=C1. The molecular formula is C6H5F3S. The molecule has 0 amide bonds. The first-order chi connectivity index (χ1) is 4.61. The van der Waals surface area contributed by atoms with Crippen LogP contribution in [0.1, 0.15) is 6.42 Å². The molecule has 1 aliphatic carbocycles. The van der Waals surface area contributed by atoms with Crippen molar-refractivity contribution in [3.8, 4) is 0 Å². The molecule has 0 spiro atoms. The van der Waals surface area contributed by atoms with Crippen LogP contribution in [0.25, 0.3) is 0 Å². The third-order valence-electron chi connectivity index (χ3n) is 1.18. The van der Waals surface area contributed by atoms with Crippen molar-refractivity contribution in [3.05, 3.63) is 22.6 Å². The van der Waals surface area contributed by atoms with Crippen LogP contribution in [0.15, 0.2) is 22.6 Å². The number of hydrogen-bond donors (Lipinski definition) is 1. The highest BCUT2D eigenvalue weighted by Gasteiger charge is 2.22. The summed E-state index contributed by atoms with van der Waals surface area (Å²) in [4.78, 5) is 0.228. The monoisotopic (exact) mass is 166 g/mol. The number of thiol groups is 1. The van der Waals surface area contributed by atoms with E-state index in [1.165, 1.54) is 0 Å². The largest absolute Gasteiger partial charge is 0.239 e. The lowest BCUT2D eigenvalue weighted by Crippen LogP contribution is -2.06. The maximum atomic E-state index is 12.3. The maximum absolute atomic E-state index is 12.3. The van der Waals surface area contributed by atoms with E-state index in [2.05, 4.69) is 12.6 Å². The predicted octanol–water partition coefficient (Wildman–Crippen LogP) is 2.69. The van der Waals surface area contributed by atoms with E-state index in [4.69, 9.17) is 0 Å². The molecule has 0 bridgehead atoms. The van der Waals surface area contributed by atoms with E-state index >= 15 is 0 Å². The molecule has 1 rings (SSSR count). The van der Waals surface area contributed by atoms with Crippen molar-refractivity contribution in [3.63, 3.8) is 0 Å². The van der Waals surface area contributed by atoms with E-state index in [1.54, 1.807) is 0 Å². The second kappa shape index (κ2) is 2.70. The first-order valence-corrected chi connectivity index (χ1v) is 3.14. The summed E-state index contributed by atoms with van der Waals surface area (Å²) in [6.07, 6.45) is -1.13. The molecule has 1 atom stereocenters. The van der Waals surface area contributed by atoms with E-state index in [1.807, 2.05) is 0 Å². The van der Waals surface area contributed by atoms with Crippen LogP contribution in [0.2, 0.25) is 0 Å². The molecule has 0 radical (unpaired) electrons. The Balaban J connectivity index is 2.92. The van der Waals surface area contributed by atoms with E-state index in [9.17, 15) is 13.2 Å². The summed E-state index contributed by atoms with van der Waals surface area (Å²) in [6.45, 7) is 0. The van der Waals surface area contributed by atoms with Crippen molar-refractivity contribution in [2.45, 2.75) is 12.6 Å². The van der Waals surface area contributed by atoms with Gasteiger partial charge in [0.2, 0.25) is 0 Å². The van der Waals surface area contributed by atoms with Gasteiger partial charge in [0.1, 0.15) is 0 Å². The van der Waals surface area contributed by atoms with Crippen LogP contribution in [0, 0.1) is 0 Å². The topological polar surface area (TPSA) is 0 Å². The Labute approximate surface area is 61.8 Å². The first kappa shape index (κ1) is 7.72. The fourth-order valence-corrected chi connectivity index (χ4v) is 0.971. The zero-order valence-corrected chi connectivity index (χ0v) is 5.84. The van der Waals surface area contributed by atoms with E-state index in [-0.39, 0.29) is 11.3 Å². The fraction of sp³-hybridized carbons (Fsp3) is 0.333. The van der Waals surface area contributed by atoms with E-state index in [0.29, 0.717) is 0 Å². The van der Waals surface area contributed by atoms with Crippen LogP contribution in [-0.2, 0) is 0 Å². The molecule has 1 unspecified atom stereocenters. The van der Waals surface area contributed by atoms with Gasteiger partial charge in [-0.2, -0.15) is 0 Å². The second-order valence-corrected chi connectivity index (χ2v) is 2.58. The zero-order chi connectivity index (χ0) is 7.72. The molecule has 0 N–H and O–H groups in total. The van der Waals surface area contributed by atoms with Gasteiger partial charge in [0.15, 0.2) is 17.8 Å². The van der Waals surface area contributed by atoms with Gasteiger partial charge in [0.25, 0.3) is 0 Å². The minimum Gasteiger partial charge on any atom is -0.239 e. The fourth-order valence-electron chi connectivity index (χ4n) is 0.697. The smallest absolute Gasteiger partial charge is 0.170 e. The number of rotatable bonds is 0. The molecule has 10 heavy (non-hydrogen) atoms. The van der Waals surface area contributed by atoms with Crippen LogP contribution < -0.4 is 0 Å². The van der Waals surface area contributed by atoms with Crippen molar-refractivity contribution in [1.29, 1.82) is 0 Å². The third-order valence-corrected chi connectivity index (χ3v) is 1.50. The first-order valence-electron chi connectivity index (χ1n) is 2.70. The summed E-state index contributed by atoms with van der Waals surface area (Å²) in [6, 6.07) is 0. The summed E-state index contributed by atoms with van der Waals surface area (Å²) < 4.78 is 36.7. The highest BCUT2D eigenvalue weighted by atomic mass is 32.1. The standard InChI is InChI=1S/C6H5F3S/c7-4-1-3(10)2-5(8)6(4)9/h1,5,10H,2H2. The van der Waals surface area contributed by atoms with Crippen molar-refractivity contribution < 1.29 is 13.2 Å². The van der Waals surface area contributed by atoms with Crippen molar-refractivity contribution in [2.24, 2.45) is 0 Å². The Bertz CT molecular complexity index is 207. The lowest BCUT2D eigenvalue weighted by Gasteiger charge is -2.10. The predicted molar refractivity (Wildman–Crippen MR) is 35.8 cm³/mol. The van der Waals surface area contributed by atoms with Crippen molar-refractivity contribution in [1.82, 2.24) is 0 Å². The molecule has 0 heterocycles. The molecule has 56 valence electrons. The Morgan fingerprint density at radius 3 is 2.60 bits per heavy atom. The summed E-state index contributed by atoms with van der Waals surface area (Å²) >= 11 is 3.70. The molecule has 0 saturated carbocycles. The maximum Gasteiger partial charge on any atom is 0.170 e. The van der Waals surface area contributed by atoms with Crippen LogP contribution in [0.5, 0.6) is 0 Å². The Morgan fingerprint density at radius 2 is 2.10 bits per heavy atom. The molecule has 0 aromatic carbocycles. The normalized spacial score (nSPS) is 26.8. The Hall–Kier alpha value is -0.380. The molecule has 1 aliphatic rings. The van der Waals surface area contributed by atoms with Gasteiger partial charge in [-0.05, 0) is 11.0 Å². The molecule has 4 heteroatoms.